The molecule has 5 nitrogen and oxygen atoms in total. The van der Waals surface area contributed by atoms with Gasteiger partial charge in [-0.3, -0.25) is 9.36 Å². The summed E-state index contributed by atoms with van der Waals surface area (Å²) in [4.78, 5) is 19.3. The van der Waals surface area contributed by atoms with Crippen molar-refractivity contribution in [2.45, 2.75) is 18.1 Å². The normalized spacial score (nSPS) is 11.7. The molecule has 25 heavy (non-hydrogen) atoms. The second-order valence-electron chi connectivity index (χ2n) is 5.04. The number of carbonyl (C=O) groups excluding carboxylic acids is 1. The van der Waals surface area contributed by atoms with E-state index in [0.717, 1.165) is 23.9 Å². The van der Waals surface area contributed by atoms with Gasteiger partial charge in [-0.2, -0.15) is 13.2 Å². The summed E-state index contributed by atoms with van der Waals surface area (Å²) in [5.74, 6) is -0.0262. The van der Waals surface area contributed by atoms with E-state index in [-0.39, 0.29) is 5.94 Å². The first kappa shape index (κ1) is 17.3. The van der Waals surface area contributed by atoms with Crippen LogP contribution in [-0.4, -0.2) is 26.4 Å². The summed E-state index contributed by atoms with van der Waals surface area (Å²) in [5, 5.41) is 1.09. The molecule has 0 atom stereocenters. The lowest BCUT2D eigenvalue weighted by Crippen LogP contribution is -2.06. The van der Waals surface area contributed by atoms with Gasteiger partial charge in [-0.1, -0.05) is 17.8 Å². The minimum Gasteiger partial charge on any atom is -0.454 e. The van der Waals surface area contributed by atoms with Crippen molar-refractivity contribution in [3.63, 3.8) is 0 Å². The van der Waals surface area contributed by atoms with E-state index in [0.29, 0.717) is 21.7 Å². The van der Waals surface area contributed by atoms with Gasteiger partial charge in [0.05, 0.1) is 11.1 Å². The van der Waals surface area contributed by atoms with Crippen LogP contribution in [0.15, 0.2) is 47.9 Å². The number of hydrogen-bond donors (Lipinski definition) is 0. The van der Waals surface area contributed by atoms with Crippen LogP contribution in [0.2, 0.25) is 0 Å². The minimum atomic E-state index is -4.43. The van der Waals surface area contributed by atoms with E-state index in [4.69, 9.17) is 4.74 Å². The molecule has 9 heteroatoms. The SMILES string of the molecule is CC(=O)OCSc1nccnc1-n1ccc2ccc(C(F)(F)F)cc21. The molecule has 0 N–H and O–H groups in total. The molecule has 2 aromatic heterocycles. The minimum absolute atomic E-state index is 0.0357. The Hall–Kier alpha value is -2.55. The largest absolute Gasteiger partial charge is 0.454 e. The maximum atomic E-state index is 13.0. The van der Waals surface area contributed by atoms with Crippen LogP contribution < -0.4 is 0 Å². The second-order valence-corrected chi connectivity index (χ2v) is 5.95. The Morgan fingerprint density at radius 1 is 1.24 bits per heavy atom. The molecule has 0 aliphatic rings. The van der Waals surface area contributed by atoms with E-state index in [2.05, 4.69) is 9.97 Å². The molecule has 0 aliphatic heterocycles. The third-order valence-corrected chi connectivity index (χ3v) is 4.15. The molecule has 0 saturated carbocycles. The fourth-order valence-corrected chi connectivity index (χ4v) is 2.99. The van der Waals surface area contributed by atoms with Crippen molar-refractivity contribution in [1.29, 1.82) is 0 Å². The number of esters is 1. The van der Waals surface area contributed by atoms with Gasteiger partial charge in [0.15, 0.2) is 5.82 Å². The quantitative estimate of drug-likeness (QED) is 0.396. The van der Waals surface area contributed by atoms with Crippen molar-refractivity contribution in [2.24, 2.45) is 0 Å². The van der Waals surface area contributed by atoms with Gasteiger partial charge in [-0.25, -0.2) is 9.97 Å². The lowest BCUT2D eigenvalue weighted by Gasteiger charge is -2.11. The van der Waals surface area contributed by atoms with E-state index in [9.17, 15) is 18.0 Å². The van der Waals surface area contributed by atoms with Gasteiger partial charge in [0.1, 0.15) is 11.0 Å². The number of aromatic nitrogens is 3. The van der Waals surface area contributed by atoms with E-state index in [1.807, 2.05) is 0 Å². The van der Waals surface area contributed by atoms with Crippen LogP contribution >= 0.6 is 11.8 Å². The lowest BCUT2D eigenvalue weighted by molar-refractivity contribution is -0.139. The molecule has 3 rings (SSSR count). The molecule has 0 aliphatic carbocycles. The van der Waals surface area contributed by atoms with Crippen molar-refractivity contribution in [3.8, 4) is 5.82 Å². The van der Waals surface area contributed by atoms with Gasteiger partial charge in [-0.15, -0.1) is 0 Å². The molecular formula is C16H12F3N3O2S. The van der Waals surface area contributed by atoms with Crippen LogP contribution in [0.4, 0.5) is 13.2 Å². The smallest absolute Gasteiger partial charge is 0.416 e. The third-order valence-electron chi connectivity index (χ3n) is 3.35. The average molecular weight is 367 g/mol. The summed E-state index contributed by atoms with van der Waals surface area (Å²) in [6.45, 7) is 1.29. The molecule has 0 radical (unpaired) electrons. The summed E-state index contributed by atoms with van der Waals surface area (Å²) in [5.41, 5.74) is -0.373. The molecule has 3 aromatic rings. The van der Waals surface area contributed by atoms with Gasteiger partial charge in [0.25, 0.3) is 0 Å². The molecule has 0 saturated heterocycles. The van der Waals surface area contributed by atoms with E-state index in [1.54, 1.807) is 12.3 Å². The van der Waals surface area contributed by atoms with Gasteiger partial charge < -0.3 is 4.74 Å². The first-order chi connectivity index (χ1) is 11.9. The lowest BCUT2D eigenvalue weighted by atomic mass is 10.1. The van der Waals surface area contributed by atoms with Crippen molar-refractivity contribution in [3.05, 3.63) is 48.4 Å². The van der Waals surface area contributed by atoms with E-state index in [1.165, 1.54) is 30.0 Å². The number of benzene rings is 1. The van der Waals surface area contributed by atoms with Crippen molar-refractivity contribution < 1.29 is 22.7 Å². The maximum Gasteiger partial charge on any atom is 0.416 e. The summed E-state index contributed by atoms with van der Waals surface area (Å²) in [6.07, 6.45) is 0.111. The Morgan fingerprint density at radius 2 is 2.00 bits per heavy atom. The zero-order chi connectivity index (χ0) is 18.0. The highest BCUT2D eigenvalue weighted by Gasteiger charge is 2.30. The monoisotopic (exact) mass is 367 g/mol. The number of alkyl halides is 3. The summed E-state index contributed by atoms with van der Waals surface area (Å²) >= 11 is 1.13. The molecule has 1 aromatic carbocycles. The van der Waals surface area contributed by atoms with Gasteiger partial charge in [0.2, 0.25) is 0 Å². The number of rotatable bonds is 4. The van der Waals surface area contributed by atoms with Crippen LogP contribution in [0.5, 0.6) is 0 Å². The maximum absolute atomic E-state index is 13.0. The zero-order valence-electron chi connectivity index (χ0n) is 12.9. The molecule has 130 valence electrons. The summed E-state index contributed by atoms with van der Waals surface area (Å²) in [6, 6.07) is 5.23. The number of hydrogen-bond acceptors (Lipinski definition) is 5. The van der Waals surface area contributed by atoms with Crippen molar-refractivity contribution >= 4 is 28.6 Å². The first-order valence-electron chi connectivity index (χ1n) is 7.12. The fraction of sp³-hybridized carbons (Fsp3) is 0.188. The number of carbonyl (C=O) groups is 1. The fourth-order valence-electron chi connectivity index (χ4n) is 2.24. The molecule has 2 heterocycles. The molecule has 0 spiro atoms. The number of fused-ring (bicyclic) bond motifs is 1. The van der Waals surface area contributed by atoms with Crippen molar-refractivity contribution in [2.75, 3.05) is 5.94 Å². The highest BCUT2D eigenvalue weighted by Crippen LogP contribution is 2.33. The molecular weight excluding hydrogens is 355 g/mol. The Labute approximate surface area is 144 Å². The number of halogens is 3. The Kier molecular flexibility index (Phi) is 4.67. The first-order valence-corrected chi connectivity index (χ1v) is 8.10. The van der Waals surface area contributed by atoms with E-state index < -0.39 is 17.7 Å². The number of nitrogens with zero attached hydrogens (tertiary/aromatic N) is 3. The van der Waals surface area contributed by atoms with Crippen LogP contribution in [0.1, 0.15) is 12.5 Å². The van der Waals surface area contributed by atoms with Crippen LogP contribution in [0.25, 0.3) is 16.7 Å². The molecule has 0 fully saturated rings. The standard InChI is InChI=1S/C16H12F3N3O2S/c1-10(23)24-9-25-15-14(20-5-6-21-15)22-7-4-11-2-3-12(8-13(11)22)16(17,18)19/h2-8H,9H2,1H3. The molecule has 0 unspecified atom stereocenters. The average Bonchev–Trinajstić information content (AvgIpc) is 2.97. The van der Waals surface area contributed by atoms with Gasteiger partial charge in [0, 0.05) is 30.9 Å². The number of thioether (sulfide) groups is 1. The predicted octanol–water partition coefficient (Wildman–Crippen LogP) is 4.05. The predicted molar refractivity (Wildman–Crippen MR) is 86.4 cm³/mol. The third kappa shape index (κ3) is 3.76. The Morgan fingerprint density at radius 3 is 2.72 bits per heavy atom. The highest BCUT2D eigenvalue weighted by atomic mass is 32.2. The molecule has 0 bridgehead atoms. The van der Waals surface area contributed by atoms with E-state index >= 15 is 0 Å². The second kappa shape index (κ2) is 6.75. The Balaban J connectivity index is 2.03. The van der Waals surface area contributed by atoms with Gasteiger partial charge in [-0.05, 0) is 18.2 Å². The van der Waals surface area contributed by atoms with Crippen molar-refractivity contribution in [1.82, 2.24) is 14.5 Å². The topological polar surface area (TPSA) is 57.0 Å². The highest BCUT2D eigenvalue weighted by molar-refractivity contribution is 7.99. The summed E-state index contributed by atoms with van der Waals surface area (Å²) in [7, 11) is 0. The van der Waals surface area contributed by atoms with Crippen LogP contribution in [-0.2, 0) is 15.7 Å². The summed E-state index contributed by atoms with van der Waals surface area (Å²) < 4.78 is 45.4. The zero-order valence-corrected chi connectivity index (χ0v) is 13.8. The molecule has 0 amide bonds. The van der Waals surface area contributed by atoms with Crippen LogP contribution in [0, 0.1) is 0 Å². The number of ether oxygens (including phenoxy) is 1. The van der Waals surface area contributed by atoms with Gasteiger partial charge >= 0.3 is 12.1 Å². The van der Waals surface area contributed by atoms with Crippen LogP contribution in [0.3, 0.4) is 0 Å². The Bertz CT molecular complexity index is 924.